The maximum absolute atomic E-state index is 12.8. The fraction of sp³-hybridized carbons (Fsp3) is 0.300. The number of ketones is 1. The summed E-state index contributed by atoms with van der Waals surface area (Å²) in [4.78, 5) is 11.2. The van der Waals surface area contributed by atoms with Crippen LogP contribution in [0, 0.1) is 12.7 Å². The van der Waals surface area contributed by atoms with Gasteiger partial charge in [-0.2, -0.15) is 0 Å². The molecule has 0 saturated heterocycles. The first-order chi connectivity index (χ1) is 6.02. The van der Waals surface area contributed by atoms with Crippen LogP contribution < -0.4 is 0 Å². The van der Waals surface area contributed by atoms with Gasteiger partial charge < -0.3 is 0 Å². The maximum atomic E-state index is 12.8. The van der Waals surface area contributed by atoms with Crippen molar-refractivity contribution >= 4 is 21.7 Å². The highest BCUT2D eigenvalue weighted by Gasteiger charge is 2.14. The van der Waals surface area contributed by atoms with E-state index in [2.05, 4.69) is 15.9 Å². The first-order valence-corrected chi connectivity index (χ1v) is 4.88. The zero-order valence-corrected chi connectivity index (χ0v) is 9.06. The highest BCUT2D eigenvalue weighted by atomic mass is 79.9. The summed E-state index contributed by atoms with van der Waals surface area (Å²) in [5, 5.41) is 0. The van der Waals surface area contributed by atoms with Gasteiger partial charge >= 0.3 is 0 Å². The summed E-state index contributed by atoms with van der Waals surface area (Å²) < 4.78 is 12.8. The minimum Gasteiger partial charge on any atom is -0.293 e. The average Bonchev–Trinajstić information content (AvgIpc) is 2.08. The molecule has 0 spiro atoms. The molecular formula is C10H10BrFO. The fourth-order valence-electron chi connectivity index (χ4n) is 1.07. The molecule has 0 radical (unpaired) electrons. The lowest BCUT2D eigenvalue weighted by Crippen LogP contribution is -2.11. The predicted octanol–water partition coefficient (Wildman–Crippen LogP) is 3.10. The summed E-state index contributed by atoms with van der Waals surface area (Å²) in [5.41, 5.74) is 1.25. The molecule has 1 aromatic rings. The minimum atomic E-state index is -0.373. The fourth-order valence-corrected chi connectivity index (χ4v) is 1.32. The van der Waals surface area contributed by atoms with Gasteiger partial charge in [-0.1, -0.05) is 22.0 Å². The van der Waals surface area contributed by atoms with E-state index >= 15 is 0 Å². The van der Waals surface area contributed by atoms with Gasteiger partial charge in [-0.05, 0) is 31.5 Å². The third kappa shape index (κ3) is 2.37. The van der Waals surface area contributed by atoms with Crippen LogP contribution in [0.25, 0.3) is 0 Å². The zero-order chi connectivity index (χ0) is 10.0. The number of halogens is 2. The summed E-state index contributed by atoms with van der Waals surface area (Å²) >= 11 is 3.16. The number of hydrogen-bond acceptors (Lipinski definition) is 1. The lowest BCUT2D eigenvalue weighted by Gasteiger charge is -2.06. The van der Waals surface area contributed by atoms with E-state index in [1.54, 1.807) is 19.9 Å². The topological polar surface area (TPSA) is 17.1 Å². The SMILES string of the molecule is Cc1ccc(F)cc1C(=O)C(C)Br. The number of hydrogen-bond donors (Lipinski definition) is 0. The number of alkyl halides is 1. The number of aryl methyl sites for hydroxylation is 1. The summed E-state index contributed by atoms with van der Waals surface area (Å²) in [7, 11) is 0. The highest BCUT2D eigenvalue weighted by molar-refractivity contribution is 9.10. The Morgan fingerprint density at radius 1 is 1.54 bits per heavy atom. The molecule has 1 unspecified atom stereocenters. The number of rotatable bonds is 2. The van der Waals surface area contributed by atoms with Gasteiger partial charge in [0.25, 0.3) is 0 Å². The van der Waals surface area contributed by atoms with Crippen LogP contribution in [0.5, 0.6) is 0 Å². The van der Waals surface area contributed by atoms with E-state index < -0.39 is 0 Å². The van der Waals surface area contributed by atoms with Crippen molar-refractivity contribution in [3.05, 3.63) is 35.1 Å². The monoisotopic (exact) mass is 244 g/mol. The third-order valence-electron chi connectivity index (χ3n) is 1.83. The summed E-state index contributed by atoms with van der Waals surface area (Å²) in [6, 6.07) is 4.23. The Bertz CT molecular complexity index is 334. The molecule has 0 aliphatic rings. The van der Waals surface area contributed by atoms with Crippen molar-refractivity contribution in [2.24, 2.45) is 0 Å². The van der Waals surface area contributed by atoms with Gasteiger partial charge in [0.2, 0.25) is 0 Å². The van der Waals surface area contributed by atoms with Crippen LogP contribution in [-0.2, 0) is 0 Å². The molecule has 0 saturated carbocycles. The van der Waals surface area contributed by atoms with Crippen molar-refractivity contribution in [1.82, 2.24) is 0 Å². The Morgan fingerprint density at radius 3 is 2.69 bits per heavy atom. The van der Waals surface area contributed by atoms with Crippen LogP contribution in [0.2, 0.25) is 0 Å². The van der Waals surface area contributed by atoms with Crippen molar-refractivity contribution in [1.29, 1.82) is 0 Å². The summed E-state index contributed by atoms with van der Waals surface area (Å²) in [6.07, 6.45) is 0. The van der Waals surface area contributed by atoms with E-state index in [0.717, 1.165) is 5.56 Å². The number of benzene rings is 1. The summed E-state index contributed by atoms with van der Waals surface area (Å²) in [5.74, 6) is -0.459. The summed E-state index contributed by atoms with van der Waals surface area (Å²) in [6.45, 7) is 3.52. The van der Waals surface area contributed by atoms with Crippen LogP contribution in [0.4, 0.5) is 4.39 Å². The molecule has 0 heterocycles. The standard InChI is InChI=1S/C10H10BrFO/c1-6-3-4-8(12)5-9(6)10(13)7(2)11/h3-5,7H,1-2H3. The van der Waals surface area contributed by atoms with Gasteiger partial charge in [0.05, 0.1) is 4.83 Å². The van der Waals surface area contributed by atoms with Crippen LogP contribution in [0.3, 0.4) is 0 Å². The van der Waals surface area contributed by atoms with Crippen molar-refractivity contribution in [3.8, 4) is 0 Å². The molecule has 13 heavy (non-hydrogen) atoms. The highest BCUT2D eigenvalue weighted by Crippen LogP contribution is 2.15. The predicted molar refractivity (Wildman–Crippen MR) is 53.9 cm³/mol. The third-order valence-corrected chi connectivity index (χ3v) is 2.24. The molecule has 70 valence electrons. The lowest BCUT2D eigenvalue weighted by atomic mass is 10.0. The van der Waals surface area contributed by atoms with Crippen LogP contribution in [0.15, 0.2) is 18.2 Å². The zero-order valence-electron chi connectivity index (χ0n) is 7.47. The molecular weight excluding hydrogens is 235 g/mol. The van der Waals surface area contributed by atoms with Crippen LogP contribution in [0.1, 0.15) is 22.8 Å². The van der Waals surface area contributed by atoms with Gasteiger partial charge in [0.1, 0.15) is 5.82 Å². The first kappa shape index (κ1) is 10.4. The van der Waals surface area contributed by atoms with E-state index in [4.69, 9.17) is 0 Å². The Hall–Kier alpha value is -0.700. The van der Waals surface area contributed by atoms with E-state index in [0.29, 0.717) is 5.56 Å². The van der Waals surface area contributed by atoms with E-state index in [-0.39, 0.29) is 16.4 Å². The van der Waals surface area contributed by atoms with Crippen molar-refractivity contribution in [2.75, 3.05) is 0 Å². The second kappa shape index (κ2) is 4.01. The molecule has 0 aliphatic heterocycles. The molecule has 1 rings (SSSR count). The average molecular weight is 245 g/mol. The second-order valence-electron chi connectivity index (χ2n) is 2.94. The molecule has 0 N–H and O–H groups in total. The number of Topliss-reactive ketones (excluding diaryl/α,β-unsaturated/α-hetero) is 1. The Kier molecular flexibility index (Phi) is 3.20. The molecule has 0 bridgehead atoms. The molecule has 0 fully saturated rings. The van der Waals surface area contributed by atoms with Crippen molar-refractivity contribution in [3.63, 3.8) is 0 Å². The lowest BCUT2D eigenvalue weighted by molar-refractivity contribution is 0.0995. The molecule has 0 amide bonds. The normalized spacial score (nSPS) is 12.6. The molecule has 0 aromatic heterocycles. The molecule has 1 nitrogen and oxygen atoms in total. The maximum Gasteiger partial charge on any atom is 0.176 e. The first-order valence-electron chi connectivity index (χ1n) is 3.97. The van der Waals surface area contributed by atoms with Gasteiger partial charge in [0.15, 0.2) is 5.78 Å². The molecule has 1 atom stereocenters. The van der Waals surface area contributed by atoms with Crippen molar-refractivity contribution in [2.45, 2.75) is 18.7 Å². The second-order valence-corrected chi connectivity index (χ2v) is 4.31. The smallest absolute Gasteiger partial charge is 0.176 e. The van der Waals surface area contributed by atoms with Gasteiger partial charge in [-0.3, -0.25) is 4.79 Å². The van der Waals surface area contributed by atoms with Crippen LogP contribution >= 0.6 is 15.9 Å². The van der Waals surface area contributed by atoms with Gasteiger partial charge in [-0.25, -0.2) is 4.39 Å². The largest absolute Gasteiger partial charge is 0.293 e. The minimum absolute atomic E-state index is 0.0861. The Morgan fingerprint density at radius 2 is 2.15 bits per heavy atom. The molecule has 0 aliphatic carbocycles. The number of carbonyl (C=O) groups excluding carboxylic acids is 1. The number of carbonyl (C=O) groups is 1. The van der Waals surface area contributed by atoms with Crippen molar-refractivity contribution < 1.29 is 9.18 Å². The van der Waals surface area contributed by atoms with Gasteiger partial charge in [-0.15, -0.1) is 0 Å². The molecule has 3 heteroatoms. The Labute approximate surface area is 85.1 Å². The van der Waals surface area contributed by atoms with E-state index in [1.807, 2.05) is 0 Å². The Balaban J connectivity index is 3.13. The van der Waals surface area contributed by atoms with E-state index in [1.165, 1.54) is 12.1 Å². The molecule has 1 aromatic carbocycles. The van der Waals surface area contributed by atoms with E-state index in [9.17, 15) is 9.18 Å². The van der Waals surface area contributed by atoms with Crippen LogP contribution in [-0.4, -0.2) is 10.6 Å². The van der Waals surface area contributed by atoms with Gasteiger partial charge in [0, 0.05) is 5.56 Å². The quantitative estimate of drug-likeness (QED) is 0.578.